The van der Waals surface area contributed by atoms with Crippen LogP contribution in [0.15, 0.2) is 18.2 Å². The van der Waals surface area contributed by atoms with Crippen molar-refractivity contribution in [3.8, 4) is 0 Å². The summed E-state index contributed by atoms with van der Waals surface area (Å²) in [4.78, 5) is 0. The van der Waals surface area contributed by atoms with Gasteiger partial charge in [0.1, 0.15) is 17.7 Å². The topological polar surface area (TPSA) is 40.5 Å². The van der Waals surface area contributed by atoms with Gasteiger partial charge in [-0.25, -0.2) is 8.78 Å². The molecule has 1 aromatic rings. The average Bonchev–Trinajstić information content (AvgIpc) is 2.03. The Morgan fingerprint density at radius 1 is 1.33 bits per heavy atom. The quantitative estimate of drug-likeness (QED) is 0.701. The van der Waals surface area contributed by atoms with Crippen molar-refractivity contribution in [2.24, 2.45) is 0 Å². The summed E-state index contributed by atoms with van der Waals surface area (Å²) in [5.74, 6) is -1.56. The number of halogens is 2. The highest BCUT2D eigenvalue weighted by Gasteiger charge is 2.11. The predicted molar refractivity (Wildman–Crippen MR) is 38.4 cm³/mol. The number of hydrogen-bond donors (Lipinski definition) is 2. The van der Waals surface area contributed by atoms with Crippen LogP contribution in [0.1, 0.15) is 11.7 Å². The number of benzene rings is 1. The van der Waals surface area contributed by atoms with E-state index in [9.17, 15) is 8.78 Å². The molecule has 0 saturated heterocycles. The molecule has 2 N–H and O–H groups in total. The van der Waals surface area contributed by atoms with Gasteiger partial charge in [-0.2, -0.15) is 0 Å². The highest BCUT2D eigenvalue weighted by Crippen LogP contribution is 2.16. The summed E-state index contributed by atoms with van der Waals surface area (Å²) in [6, 6.07) is 2.79. The molecule has 0 aliphatic heterocycles. The highest BCUT2D eigenvalue weighted by molar-refractivity contribution is 5.20. The lowest BCUT2D eigenvalue weighted by atomic mass is 10.1. The summed E-state index contributed by atoms with van der Waals surface area (Å²) in [6.45, 7) is -0.581. The summed E-state index contributed by atoms with van der Waals surface area (Å²) in [6.07, 6.45) is -1.29. The number of rotatable bonds is 2. The van der Waals surface area contributed by atoms with Crippen LogP contribution in [0.25, 0.3) is 0 Å². The van der Waals surface area contributed by atoms with E-state index in [1.165, 1.54) is 0 Å². The van der Waals surface area contributed by atoms with Crippen LogP contribution in [0.4, 0.5) is 8.78 Å². The molecule has 0 amide bonds. The zero-order valence-corrected chi connectivity index (χ0v) is 6.17. The van der Waals surface area contributed by atoms with E-state index < -0.39 is 24.3 Å². The molecular formula is C8H8F2O2. The molecular weight excluding hydrogens is 166 g/mol. The van der Waals surface area contributed by atoms with E-state index in [-0.39, 0.29) is 5.56 Å². The highest BCUT2D eigenvalue weighted by atomic mass is 19.1. The molecule has 0 aliphatic carbocycles. The molecule has 1 atom stereocenters. The molecule has 0 spiro atoms. The van der Waals surface area contributed by atoms with Crippen molar-refractivity contribution in [1.82, 2.24) is 0 Å². The Balaban J connectivity index is 3.01. The Morgan fingerprint density at radius 2 is 2.00 bits per heavy atom. The number of aliphatic hydroxyl groups is 2. The van der Waals surface area contributed by atoms with E-state index in [4.69, 9.17) is 10.2 Å². The van der Waals surface area contributed by atoms with Gasteiger partial charge in [0, 0.05) is 11.6 Å². The lowest BCUT2D eigenvalue weighted by molar-refractivity contribution is 0.0925. The lowest BCUT2D eigenvalue weighted by Gasteiger charge is -2.07. The van der Waals surface area contributed by atoms with Crippen LogP contribution in [0.5, 0.6) is 0 Å². The lowest BCUT2D eigenvalue weighted by Crippen LogP contribution is -2.05. The van der Waals surface area contributed by atoms with Crippen molar-refractivity contribution in [1.29, 1.82) is 0 Å². The van der Waals surface area contributed by atoms with Crippen LogP contribution in [0.3, 0.4) is 0 Å². The third-order valence-corrected chi connectivity index (χ3v) is 1.49. The third kappa shape index (κ3) is 1.78. The van der Waals surface area contributed by atoms with E-state index in [0.717, 1.165) is 12.1 Å². The van der Waals surface area contributed by atoms with Gasteiger partial charge in [0.25, 0.3) is 0 Å². The molecule has 0 aromatic heterocycles. The Morgan fingerprint density at radius 3 is 2.50 bits per heavy atom. The summed E-state index contributed by atoms with van der Waals surface area (Å²) in [5.41, 5.74) is -0.0982. The maximum atomic E-state index is 12.8. The molecule has 1 aromatic carbocycles. The van der Waals surface area contributed by atoms with Gasteiger partial charge < -0.3 is 10.2 Å². The molecule has 12 heavy (non-hydrogen) atoms. The standard InChI is InChI=1S/C8H8F2O2/c9-5-1-2-6(7(10)3-5)8(12)4-11/h1-3,8,11-12H,4H2/t8-/m0/s1. The summed E-state index contributed by atoms with van der Waals surface area (Å²) >= 11 is 0. The molecule has 1 rings (SSSR count). The summed E-state index contributed by atoms with van der Waals surface area (Å²) in [7, 11) is 0. The molecule has 2 nitrogen and oxygen atoms in total. The van der Waals surface area contributed by atoms with Crippen molar-refractivity contribution in [2.75, 3.05) is 6.61 Å². The minimum atomic E-state index is -1.29. The molecule has 0 fully saturated rings. The molecule has 4 heteroatoms. The second-order valence-electron chi connectivity index (χ2n) is 2.36. The van der Waals surface area contributed by atoms with Crippen LogP contribution in [-0.2, 0) is 0 Å². The summed E-state index contributed by atoms with van der Waals surface area (Å²) < 4.78 is 25.1. The zero-order valence-electron chi connectivity index (χ0n) is 6.17. The Hall–Kier alpha value is -1.00. The monoisotopic (exact) mass is 174 g/mol. The molecule has 0 radical (unpaired) electrons. The maximum absolute atomic E-state index is 12.8. The van der Waals surface area contributed by atoms with Gasteiger partial charge in [-0.15, -0.1) is 0 Å². The fourth-order valence-corrected chi connectivity index (χ4v) is 0.870. The first-order valence-corrected chi connectivity index (χ1v) is 3.39. The van der Waals surface area contributed by atoms with Gasteiger partial charge in [0.15, 0.2) is 0 Å². The van der Waals surface area contributed by atoms with Gasteiger partial charge in [0.2, 0.25) is 0 Å². The molecule has 0 unspecified atom stereocenters. The fourth-order valence-electron chi connectivity index (χ4n) is 0.870. The predicted octanol–water partition coefficient (Wildman–Crippen LogP) is 0.990. The minimum absolute atomic E-state index is 0.0982. The van der Waals surface area contributed by atoms with Gasteiger partial charge >= 0.3 is 0 Å². The molecule has 0 saturated carbocycles. The van der Waals surface area contributed by atoms with Crippen molar-refractivity contribution >= 4 is 0 Å². The number of aliphatic hydroxyl groups excluding tert-OH is 2. The largest absolute Gasteiger partial charge is 0.393 e. The molecule has 0 bridgehead atoms. The van der Waals surface area contributed by atoms with Crippen LogP contribution >= 0.6 is 0 Å². The van der Waals surface area contributed by atoms with E-state index in [1.54, 1.807) is 0 Å². The van der Waals surface area contributed by atoms with Crippen LogP contribution in [0.2, 0.25) is 0 Å². The first kappa shape index (κ1) is 9.09. The van der Waals surface area contributed by atoms with Crippen molar-refractivity contribution in [3.63, 3.8) is 0 Å². The van der Waals surface area contributed by atoms with Crippen molar-refractivity contribution < 1.29 is 19.0 Å². The smallest absolute Gasteiger partial charge is 0.132 e. The van der Waals surface area contributed by atoms with Gasteiger partial charge in [0.05, 0.1) is 6.61 Å². The molecule has 66 valence electrons. The molecule has 0 aliphatic rings. The Kier molecular flexibility index (Phi) is 2.73. The van der Waals surface area contributed by atoms with E-state index in [0.29, 0.717) is 6.07 Å². The van der Waals surface area contributed by atoms with Gasteiger partial charge in [-0.1, -0.05) is 6.07 Å². The maximum Gasteiger partial charge on any atom is 0.132 e. The third-order valence-electron chi connectivity index (χ3n) is 1.49. The summed E-state index contributed by atoms with van der Waals surface area (Å²) in [5, 5.41) is 17.5. The zero-order chi connectivity index (χ0) is 9.14. The van der Waals surface area contributed by atoms with Crippen LogP contribution < -0.4 is 0 Å². The van der Waals surface area contributed by atoms with E-state index in [1.807, 2.05) is 0 Å². The average molecular weight is 174 g/mol. The Bertz CT molecular complexity index is 276. The number of hydrogen-bond acceptors (Lipinski definition) is 2. The first-order chi connectivity index (χ1) is 5.65. The van der Waals surface area contributed by atoms with E-state index >= 15 is 0 Å². The van der Waals surface area contributed by atoms with Gasteiger partial charge in [-0.05, 0) is 6.07 Å². The second-order valence-corrected chi connectivity index (χ2v) is 2.36. The normalized spacial score (nSPS) is 13.0. The first-order valence-electron chi connectivity index (χ1n) is 3.39. The SMILES string of the molecule is OC[C@H](O)c1ccc(F)cc1F. The second kappa shape index (κ2) is 3.60. The minimum Gasteiger partial charge on any atom is -0.393 e. The van der Waals surface area contributed by atoms with E-state index in [2.05, 4.69) is 0 Å². The fraction of sp³-hybridized carbons (Fsp3) is 0.250. The van der Waals surface area contributed by atoms with Crippen LogP contribution in [-0.4, -0.2) is 16.8 Å². The van der Waals surface area contributed by atoms with Crippen LogP contribution in [0, 0.1) is 11.6 Å². The van der Waals surface area contributed by atoms with Gasteiger partial charge in [-0.3, -0.25) is 0 Å². The van der Waals surface area contributed by atoms with Crippen molar-refractivity contribution in [2.45, 2.75) is 6.10 Å². The van der Waals surface area contributed by atoms with Crippen molar-refractivity contribution in [3.05, 3.63) is 35.4 Å². The Labute approximate surface area is 68.1 Å². The molecule has 0 heterocycles.